The predicted molar refractivity (Wildman–Crippen MR) is 134 cm³/mol. The van der Waals surface area contributed by atoms with E-state index in [0.717, 1.165) is 12.1 Å². The second kappa shape index (κ2) is 10.9. The third-order valence-electron chi connectivity index (χ3n) is 8.13. The van der Waals surface area contributed by atoms with Gasteiger partial charge in [0.25, 0.3) is 0 Å². The largest absolute Gasteiger partial charge is 0.393 e. The summed E-state index contributed by atoms with van der Waals surface area (Å²) in [6.07, 6.45) is 1.02. The summed E-state index contributed by atoms with van der Waals surface area (Å²) in [6.45, 7) is 4.69. The lowest BCUT2D eigenvalue weighted by Gasteiger charge is -2.54. The fraction of sp³-hybridized carbons (Fsp3) is 0.667. The van der Waals surface area contributed by atoms with Crippen LogP contribution in [0.4, 0.5) is 13.2 Å². The highest BCUT2D eigenvalue weighted by atomic mass is 19.2. The Hall–Kier alpha value is -2.62. The van der Waals surface area contributed by atoms with E-state index in [1.54, 1.807) is 18.7 Å². The molecule has 224 valence electrons. The van der Waals surface area contributed by atoms with Gasteiger partial charge in [0.2, 0.25) is 5.91 Å². The highest BCUT2D eigenvalue weighted by Crippen LogP contribution is 2.48. The van der Waals surface area contributed by atoms with Crippen LogP contribution in [0.1, 0.15) is 45.6 Å². The van der Waals surface area contributed by atoms with Gasteiger partial charge in [0.05, 0.1) is 25.5 Å². The number of ether oxygens (including phenoxy) is 5. The molecule has 4 fully saturated rings. The fourth-order valence-electron chi connectivity index (χ4n) is 6.06. The number of carbonyl (C=O) groups excluding carboxylic acids is 1. The molecule has 4 aliphatic rings. The van der Waals surface area contributed by atoms with Crippen molar-refractivity contribution in [3.8, 4) is 11.3 Å². The molecule has 41 heavy (non-hydrogen) atoms. The smallest absolute Gasteiger partial charge is 0.248 e. The number of carbonyl (C=O) groups is 1. The number of aromatic nitrogens is 3. The normalized spacial score (nSPS) is 31.9. The first-order valence-corrected chi connectivity index (χ1v) is 13.8. The SMILES string of the molecule is CC1(C)OC[C@H]2O[C@@]3(CCCO3)[C@H](OCC(=O)N3CCC(O)CC3)[C@@H](n3cc(-c4cc(F)c(F)c(F)c4)nn3)[C@H]2O1. The molecule has 4 aliphatic heterocycles. The summed E-state index contributed by atoms with van der Waals surface area (Å²) in [5, 5.41) is 18.2. The molecule has 0 aliphatic carbocycles. The molecule has 1 spiro atoms. The van der Waals surface area contributed by atoms with Gasteiger partial charge >= 0.3 is 0 Å². The van der Waals surface area contributed by atoms with Crippen molar-refractivity contribution >= 4 is 5.91 Å². The third kappa shape index (κ3) is 5.48. The van der Waals surface area contributed by atoms with E-state index in [-0.39, 0.29) is 30.4 Å². The van der Waals surface area contributed by atoms with E-state index >= 15 is 0 Å². The van der Waals surface area contributed by atoms with E-state index in [1.165, 1.54) is 10.9 Å². The number of rotatable bonds is 5. The third-order valence-corrected chi connectivity index (χ3v) is 8.13. The van der Waals surface area contributed by atoms with Gasteiger partial charge in [-0.3, -0.25) is 4.79 Å². The van der Waals surface area contributed by atoms with Crippen LogP contribution < -0.4 is 0 Å². The van der Waals surface area contributed by atoms with Crippen molar-refractivity contribution in [1.29, 1.82) is 0 Å². The molecule has 0 unspecified atom stereocenters. The van der Waals surface area contributed by atoms with Crippen LogP contribution in [0.5, 0.6) is 0 Å². The number of amides is 1. The number of halogens is 3. The van der Waals surface area contributed by atoms with Crippen LogP contribution in [-0.2, 0) is 28.5 Å². The highest BCUT2D eigenvalue weighted by Gasteiger charge is 2.61. The van der Waals surface area contributed by atoms with Crippen molar-refractivity contribution in [3.05, 3.63) is 35.8 Å². The summed E-state index contributed by atoms with van der Waals surface area (Å²) in [4.78, 5) is 14.8. The Labute approximate surface area is 234 Å². The van der Waals surface area contributed by atoms with Gasteiger partial charge in [0, 0.05) is 25.1 Å². The number of fused-ring (bicyclic) bond motifs is 1. The molecule has 14 heteroatoms. The molecule has 5 atom stereocenters. The van der Waals surface area contributed by atoms with Crippen LogP contribution in [0.25, 0.3) is 11.3 Å². The lowest BCUT2D eigenvalue weighted by molar-refractivity contribution is -0.402. The quantitative estimate of drug-likeness (QED) is 0.530. The average Bonchev–Trinajstić information content (AvgIpc) is 3.61. The van der Waals surface area contributed by atoms with E-state index < -0.39 is 59.5 Å². The Morgan fingerprint density at radius 3 is 2.56 bits per heavy atom. The molecule has 11 nitrogen and oxygen atoms in total. The van der Waals surface area contributed by atoms with E-state index in [1.807, 2.05) is 0 Å². The van der Waals surface area contributed by atoms with Crippen molar-refractivity contribution in [2.24, 2.45) is 0 Å². The molecular weight excluding hydrogens is 549 g/mol. The molecule has 5 heterocycles. The Morgan fingerprint density at radius 2 is 1.88 bits per heavy atom. The first-order chi connectivity index (χ1) is 19.6. The van der Waals surface area contributed by atoms with Gasteiger partial charge in [0.15, 0.2) is 29.0 Å². The highest BCUT2D eigenvalue weighted by molar-refractivity contribution is 5.77. The zero-order valence-corrected chi connectivity index (χ0v) is 22.8. The maximum absolute atomic E-state index is 14.0. The molecule has 0 radical (unpaired) electrons. The van der Waals surface area contributed by atoms with Crippen molar-refractivity contribution < 1.29 is 46.8 Å². The molecule has 1 aromatic carbocycles. The number of hydrogen-bond acceptors (Lipinski definition) is 9. The number of benzene rings is 1. The number of piperidine rings is 1. The van der Waals surface area contributed by atoms with Crippen LogP contribution in [0.3, 0.4) is 0 Å². The van der Waals surface area contributed by atoms with E-state index in [0.29, 0.717) is 45.4 Å². The van der Waals surface area contributed by atoms with Gasteiger partial charge in [-0.25, -0.2) is 17.9 Å². The first kappa shape index (κ1) is 28.5. The second-order valence-electron chi connectivity index (χ2n) is 11.4. The van der Waals surface area contributed by atoms with Crippen molar-refractivity contribution in [3.63, 3.8) is 0 Å². The molecule has 1 aromatic heterocycles. The van der Waals surface area contributed by atoms with Crippen LogP contribution in [0.15, 0.2) is 18.3 Å². The van der Waals surface area contributed by atoms with Crippen LogP contribution in [-0.4, -0.2) is 99.8 Å². The number of aliphatic hydroxyl groups excluding tert-OH is 1. The standard InChI is InChI=1S/C27H33F3N4O7/c1-26(2)39-13-20-24(41-26)23(34-12-19(31-32-34)15-10-17(28)22(30)18(29)11-15)25(27(40-20)6-3-9-38-27)37-14-21(36)33-7-4-16(35)5-8-33/h10-12,16,20,23-25,35H,3-9,13-14H2,1-2H3/t20-,23+,24+,25-,27+/m1/s1. The topological polar surface area (TPSA) is 117 Å². The molecule has 1 amide bonds. The maximum Gasteiger partial charge on any atom is 0.248 e. The molecule has 4 saturated heterocycles. The lowest BCUT2D eigenvalue weighted by atomic mass is 9.87. The Morgan fingerprint density at radius 1 is 1.15 bits per heavy atom. The summed E-state index contributed by atoms with van der Waals surface area (Å²) in [6, 6.07) is 0.941. The summed E-state index contributed by atoms with van der Waals surface area (Å²) < 4.78 is 74.2. The lowest BCUT2D eigenvalue weighted by Crippen LogP contribution is -2.67. The number of likely N-dealkylation sites (tertiary alicyclic amines) is 1. The molecule has 0 saturated carbocycles. The van der Waals surface area contributed by atoms with Crippen LogP contribution in [0.2, 0.25) is 0 Å². The Balaban J connectivity index is 1.35. The molecule has 6 rings (SSSR count). The van der Waals surface area contributed by atoms with Crippen molar-refractivity contribution in [2.75, 3.05) is 32.9 Å². The minimum absolute atomic E-state index is 0.00348. The van der Waals surface area contributed by atoms with E-state index in [2.05, 4.69) is 10.3 Å². The van der Waals surface area contributed by atoms with Gasteiger partial charge in [-0.1, -0.05) is 5.21 Å². The Bertz CT molecular complexity index is 1260. The molecule has 0 bridgehead atoms. The number of nitrogens with zero attached hydrogens (tertiary/aromatic N) is 4. The average molecular weight is 583 g/mol. The predicted octanol–water partition coefficient (Wildman–Crippen LogP) is 2.33. The minimum atomic E-state index is -1.58. The van der Waals surface area contributed by atoms with Gasteiger partial charge in [-0.2, -0.15) is 0 Å². The Kier molecular flexibility index (Phi) is 7.57. The fourth-order valence-corrected chi connectivity index (χ4v) is 6.06. The van der Waals surface area contributed by atoms with Gasteiger partial charge in [0.1, 0.15) is 36.7 Å². The minimum Gasteiger partial charge on any atom is -0.393 e. The van der Waals surface area contributed by atoms with E-state index in [4.69, 9.17) is 23.7 Å². The number of aliphatic hydroxyl groups is 1. The molecular formula is C27H33F3N4O7. The zero-order valence-electron chi connectivity index (χ0n) is 22.8. The monoisotopic (exact) mass is 582 g/mol. The van der Waals surface area contributed by atoms with Crippen molar-refractivity contribution in [2.45, 2.75) is 81.6 Å². The first-order valence-electron chi connectivity index (χ1n) is 13.8. The summed E-state index contributed by atoms with van der Waals surface area (Å²) in [7, 11) is 0. The van der Waals surface area contributed by atoms with Crippen molar-refractivity contribution in [1.82, 2.24) is 19.9 Å². The molecule has 1 N–H and O–H groups in total. The molecule has 2 aromatic rings. The summed E-state index contributed by atoms with van der Waals surface area (Å²) in [5.41, 5.74) is 0.0940. The maximum atomic E-state index is 14.0. The van der Waals surface area contributed by atoms with Gasteiger partial charge in [-0.05, 0) is 45.2 Å². The van der Waals surface area contributed by atoms with Crippen LogP contribution in [0, 0.1) is 17.5 Å². The van der Waals surface area contributed by atoms with Gasteiger partial charge in [-0.15, -0.1) is 5.10 Å². The second-order valence-corrected chi connectivity index (χ2v) is 11.4. The zero-order chi connectivity index (χ0) is 28.9. The van der Waals surface area contributed by atoms with Gasteiger partial charge < -0.3 is 33.7 Å². The summed E-state index contributed by atoms with van der Waals surface area (Å²) in [5.74, 6) is -6.73. The number of hydrogen-bond donors (Lipinski definition) is 1. The van der Waals surface area contributed by atoms with E-state index in [9.17, 15) is 23.1 Å². The summed E-state index contributed by atoms with van der Waals surface area (Å²) >= 11 is 0. The van der Waals surface area contributed by atoms with Crippen LogP contribution >= 0.6 is 0 Å².